The largest absolute Gasteiger partial charge is 0.378 e. The summed E-state index contributed by atoms with van der Waals surface area (Å²) in [6, 6.07) is 8.27. The maximum absolute atomic E-state index is 12.3. The number of likely N-dealkylation sites (tertiary alicyclic amines) is 1. The van der Waals surface area contributed by atoms with Crippen molar-refractivity contribution < 1.29 is 0 Å². The van der Waals surface area contributed by atoms with E-state index in [2.05, 4.69) is 26.9 Å². The number of likely N-dealkylation sites (N-methyl/N-ethyl adjacent to an activating group) is 1. The predicted octanol–water partition coefficient (Wildman–Crippen LogP) is 2.16. The zero-order chi connectivity index (χ0) is 19.7. The molecule has 1 atom stereocenters. The summed E-state index contributed by atoms with van der Waals surface area (Å²) < 4.78 is 0. The topological polar surface area (TPSA) is 55.9 Å². The lowest BCUT2D eigenvalue weighted by Crippen LogP contribution is -2.52. The third kappa shape index (κ3) is 3.63. The number of hydrogen-bond donors (Lipinski definition) is 1. The summed E-state index contributed by atoms with van der Waals surface area (Å²) in [6.07, 6.45) is 2.34. The molecular formula is C21H27ClN4O2. The second-order valence-corrected chi connectivity index (χ2v) is 8.08. The number of anilines is 3. The van der Waals surface area contributed by atoms with Gasteiger partial charge in [0.25, 0.3) is 10.9 Å². The molecule has 150 valence electrons. The Kier molecular flexibility index (Phi) is 5.60. The van der Waals surface area contributed by atoms with E-state index in [4.69, 9.17) is 11.6 Å². The first kappa shape index (κ1) is 19.3. The van der Waals surface area contributed by atoms with Crippen LogP contribution in [-0.2, 0) is 0 Å². The van der Waals surface area contributed by atoms with Crippen molar-refractivity contribution in [2.75, 3.05) is 60.9 Å². The van der Waals surface area contributed by atoms with Crippen LogP contribution in [0.25, 0.3) is 0 Å². The lowest BCUT2D eigenvalue weighted by Gasteiger charge is -2.38. The Labute approximate surface area is 170 Å². The zero-order valence-electron chi connectivity index (χ0n) is 16.3. The van der Waals surface area contributed by atoms with Gasteiger partial charge in [-0.1, -0.05) is 24.6 Å². The van der Waals surface area contributed by atoms with Crippen molar-refractivity contribution in [3.8, 4) is 0 Å². The summed E-state index contributed by atoms with van der Waals surface area (Å²) in [4.78, 5) is 31.2. The Balaban J connectivity index is 1.40. The predicted molar refractivity (Wildman–Crippen MR) is 116 cm³/mol. The molecule has 28 heavy (non-hydrogen) atoms. The lowest BCUT2D eigenvalue weighted by molar-refractivity contribution is 0.277. The molecule has 2 heterocycles. The van der Waals surface area contributed by atoms with Crippen LogP contribution in [0, 0.1) is 0 Å². The van der Waals surface area contributed by atoms with Crippen LogP contribution in [0.2, 0.25) is 5.02 Å². The van der Waals surface area contributed by atoms with Gasteiger partial charge in [-0.2, -0.15) is 0 Å². The van der Waals surface area contributed by atoms with Crippen molar-refractivity contribution in [2.45, 2.75) is 25.8 Å². The van der Waals surface area contributed by atoms with Gasteiger partial charge in [-0.3, -0.25) is 14.5 Å². The number of nitrogens with one attached hydrogen (secondary N) is 1. The summed E-state index contributed by atoms with van der Waals surface area (Å²) in [7, 11) is 0. The number of halogens is 1. The van der Waals surface area contributed by atoms with E-state index in [1.165, 1.54) is 6.42 Å². The van der Waals surface area contributed by atoms with Gasteiger partial charge in [0.2, 0.25) is 0 Å². The van der Waals surface area contributed by atoms with Crippen molar-refractivity contribution in [2.24, 2.45) is 0 Å². The lowest BCUT2D eigenvalue weighted by atomic mass is 10.1. The smallest absolute Gasteiger partial charge is 0.253 e. The minimum Gasteiger partial charge on any atom is -0.378 e. The highest BCUT2D eigenvalue weighted by Crippen LogP contribution is 2.26. The Morgan fingerprint density at radius 1 is 1.07 bits per heavy atom. The first-order chi connectivity index (χ1) is 13.6. The van der Waals surface area contributed by atoms with E-state index in [-0.39, 0.29) is 10.9 Å². The summed E-state index contributed by atoms with van der Waals surface area (Å²) in [6.45, 7) is 8.07. The van der Waals surface area contributed by atoms with Crippen molar-refractivity contribution in [1.82, 2.24) is 4.90 Å². The van der Waals surface area contributed by atoms with Gasteiger partial charge in [0.15, 0.2) is 0 Å². The highest BCUT2D eigenvalue weighted by Gasteiger charge is 2.30. The number of rotatable bonds is 6. The molecule has 0 spiro atoms. The molecule has 7 heteroatoms. The molecule has 0 amide bonds. The Hall–Kier alpha value is -2.05. The van der Waals surface area contributed by atoms with Crippen LogP contribution in [0.5, 0.6) is 0 Å². The molecule has 2 aromatic rings. The first-order valence-corrected chi connectivity index (χ1v) is 10.5. The van der Waals surface area contributed by atoms with Crippen LogP contribution in [0.1, 0.15) is 19.8 Å². The molecule has 2 aliphatic heterocycles. The number of benzene rings is 1. The van der Waals surface area contributed by atoms with Crippen molar-refractivity contribution in [1.29, 1.82) is 0 Å². The zero-order valence-corrected chi connectivity index (χ0v) is 17.0. The van der Waals surface area contributed by atoms with E-state index in [1.807, 2.05) is 24.3 Å². The van der Waals surface area contributed by atoms with Crippen LogP contribution < -0.4 is 26.0 Å². The van der Waals surface area contributed by atoms with Crippen molar-refractivity contribution in [3.63, 3.8) is 0 Å². The summed E-state index contributed by atoms with van der Waals surface area (Å²) in [5.74, 6) is 0. The maximum Gasteiger partial charge on any atom is 0.253 e. The minimum atomic E-state index is -0.367. The molecule has 6 nitrogen and oxygen atoms in total. The Bertz CT molecular complexity index is 900. The molecule has 1 unspecified atom stereocenters. The molecule has 4 rings (SSSR count). The standard InChI is InChI=1S/C21H27ClN4O2/c1-2-24-8-4-7-17(24)14-23-18-19(21(28)20(18)27)26-11-9-25(10-12-26)16-6-3-5-15(22)13-16/h3,5-6,13,17,23H,2,4,7-12,14H2,1H3. The fourth-order valence-electron chi connectivity index (χ4n) is 4.47. The van der Waals surface area contributed by atoms with Crippen LogP contribution in [0.4, 0.5) is 17.1 Å². The summed E-state index contributed by atoms with van der Waals surface area (Å²) in [5, 5.41) is 4.02. The van der Waals surface area contributed by atoms with Crippen LogP contribution in [-0.4, -0.2) is 56.8 Å². The Morgan fingerprint density at radius 2 is 1.82 bits per heavy atom. The van der Waals surface area contributed by atoms with E-state index in [0.29, 0.717) is 17.4 Å². The van der Waals surface area contributed by atoms with E-state index in [0.717, 1.165) is 62.9 Å². The molecule has 0 aromatic heterocycles. The van der Waals surface area contributed by atoms with Crippen LogP contribution >= 0.6 is 11.6 Å². The monoisotopic (exact) mass is 402 g/mol. The van der Waals surface area contributed by atoms with E-state index in [1.54, 1.807) is 0 Å². The van der Waals surface area contributed by atoms with Gasteiger partial charge < -0.3 is 15.1 Å². The average molecular weight is 403 g/mol. The van der Waals surface area contributed by atoms with Crippen LogP contribution in [0.15, 0.2) is 33.9 Å². The number of hydrogen-bond acceptors (Lipinski definition) is 6. The molecule has 2 aliphatic rings. The molecule has 0 saturated carbocycles. The molecule has 0 radical (unpaired) electrons. The molecule has 2 aromatic carbocycles. The molecular weight excluding hydrogens is 376 g/mol. The fourth-order valence-corrected chi connectivity index (χ4v) is 4.65. The van der Waals surface area contributed by atoms with Gasteiger partial charge in [0.1, 0.15) is 11.4 Å². The van der Waals surface area contributed by atoms with Gasteiger partial charge in [-0.15, -0.1) is 0 Å². The number of nitrogens with zero attached hydrogens (tertiary/aromatic N) is 3. The molecule has 2 saturated heterocycles. The maximum atomic E-state index is 12.3. The molecule has 1 N–H and O–H groups in total. The first-order valence-electron chi connectivity index (χ1n) is 10.1. The SMILES string of the molecule is CCN1CCCC1CNc1c(N2CCN(c3cccc(Cl)c3)CC2)c(=O)c1=O. The van der Waals surface area contributed by atoms with E-state index >= 15 is 0 Å². The molecule has 0 aliphatic carbocycles. The fraction of sp³-hybridized carbons (Fsp3) is 0.524. The van der Waals surface area contributed by atoms with Gasteiger partial charge in [0, 0.05) is 49.5 Å². The molecule has 2 fully saturated rings. The minimum absolute atomic E-state index is 0.350. The summed E-state index contributed by atoms with van der Waals surface area (Å²) in [5.41, 5.74) is 1.48. The van der Waals surface area contributed by atoms with Crippen molar-refractivity contribution in [3.05, 3.63) is 49.7 Å². The highest BCUT2D eigenvalue weighted by atomic mass is 35.5. The summed E-state index contributed by atoms with van der Waals surface area (Å²) >= 11 is 6.10. The number of piperazine rings is 1. The van der Waals surface area contributed by atoms with Crippen molar-refractivity contribution >= 4 is 28.7 Å². The van der Waals surface area contributed by atoms with Crippen LogP contribution in [0.3, 0.4) is 0 Å². The average Bonchev–Trinajstić information content (AvgIpc) is 3.18. The normalized spacial score (nSPS) is 20.9. The van der Waals surface area contributed by atoms with Gasteiger partial charge >= 0.3 is 0 Å². The highest BCUT2D eigenvalue weighted by molar-refractivity contribution is 6.30. The quantitative estimate of drug-likeness (QED) is 0.747. The third-order valence-electron chi connectivity index (χ3n) is 6.07. The van der Waals surface area contributed by atoms with Gasteiger partial charge in [0.05, 0.1) is 0 Å². The van der Waals surface area contributed by atoms with E-state index in [9.17, 15) is 9.59 Å². The second-order valence-electron chi connectivity index (χ2n) is 7.64. The van der Waals surface area contributed by atoms with Gasteiger partial charge in [-0.05, 0) is 44.1 Å². The molecule has 0 bridgehead atoms. The van der Waals surface area contributed by atoms with Gasteiger partial charge in [-0.25, -0.2) is 0 Å². The third-order valence-corrected chi connectivity index (χ3v) is 6.31. The second kappa shape index (κ2) is 8.13. The Morgan fingerprint density at radius 3 is 2.54 bits per heavy atom. The van der Waals surface area contributed by atoms with E-state index < -0.39 is 0 Å².